The van der Waals surface area contributed by atoms with Gasteiger partial charge < -0.3 is 28.8 Å². The molecule has 28 heavy (non-hydrogen) atoms. The Morgan fingerprint density at radius 3 is 2.50 bits per heavy atom. The lowest BCUT2D eigenvalue weighted by Gasteiger charge is -2.34. The molecule has 0 N–H and O–H groups in total. The largest absolute Gasteiger partial charge is 0.493 e. The van der Waals surface area contributed by atoms with E-state index in [1.807, 2.05) is 12.1 Å². The first-order valence-electron chi connectivity index (χ1n) is 9.23. The van der Waals surface area contributed by atoms with Crippen molar-refractivity contribution in [1.82, 2.24) is 9.80 Å². The smallest absolute Gasteiger partial charge is 0.409 e. The van der Waals surface area contributed by atoms with Gasteiger partial charge in [-0.2, -0.15) is 0 Å². The Hall–Kier alpha value is -2.97. The summed E-state index contributed by atoms with van der Waals surface area (Å²) in [6.07, 6.45) is -0.678. The van der Waals surface area contributed by atoms with Crippen LogP contribution in [-0.4, -0.2) is 80.6 Å². The SMILES string of the molecule is CCOC(=O)N1CCN(C(=O)[C@@H]2CC(c3cccc(OC)c3OC)=NO2)CC1. The average molecular weight is 391 g/mol. The predicted molar refractivity (Wildman–Crippen MR) is 101 cm³/mol. The summed E-state index contributed by atoms with van der Waals surface area (Å²) in [4.78, 5) is 33.3. The highest BCUT2D eigenvalue weighted by atomic mass is 16.6. The zero-order valence-corrected chi connectivity index (χ0v) is 16.3. The van der Waals surface area contributed by atoms with Crippen LogP contribution in [0.15, 0.2) is 23.4 Å². The maximum absolute atomic E-state index is 12.8. The zero-order chi connectivity index (χ0) is 20.1. The molecule has 0 spiro atoms. The molecule has 2 heterocycles. The van der Waals surface area contributed by atoms with Crippen LogP contribution in [0.2, 0.25) is 0 Å². The van der Waals surface area contributed by atoms with Gasteiger partial charge in [0.1, 0.15) is 0 Å². The van der Waals surface area contributed by atoms with Gasteiger partial charge in [0.25, 0.3) is 5.91 Å². The van der Waals surface area contributed by atoms with Crippen molar-refractivity contribution >= 4 is 17.7 Å². The average Bonchev–Trinajstić information content (AvgIpc) is 3.22. The maximum Gasteiger partial charge on any atom is 0.409 e. The minimum atomic E-state index is -0.681. The minimum absolute atomic E-state index is 0.135. The lowest BCUT2D eigenvalue weighted by Crippen LogP contribution is -2.53. The van der Waals surface area contributed by atoms with Crippen LogP contribution in [0.1, 0.15) is 18.9 Å². The summed E-state index contributed by atoms with van der Waals surface area (Å²) >= 11 is 0. The van der Waals surface area contributed by atoms with Gasteiger partial charge in [0.05, 0.1) is 26.5 Å². The Bertz CT molecular complexity index is 758. The molecule has 0 radical (unpaired) electrons. The third kappa shape index (κ3) is 3.97. The molecule has 2 amide bonds. The van der Waals surface area contributed by atoms with Crippen molar-refractivity contribution in [2.45, 2.75) is 19.4 Å². The van der Waals surface area contributed by atoms with Gasteiger partial charge in [0, 0.05) is 38.2 Å². The number of para-hydroxylation sites is 1. The zero-order valence-electron chi connectivity index (χ0n) is 16.3. The summed E-state index contributed by atoms with van der Waals surface area (Å²) in [7, 11) is 3.13. The third-order valence-electron chi connectivity index (χ3n) is 4.78. The fourth-order valence-corrected chi connectivity index (χ4v) is 3.31. The molecular weight excluding hydrogens is 366 g/mol. The number of piperazine rings is 1. The maximum atomic E-state index is 12.8. The summed E-state index contributed by atoms with van der Waals surface area (Å²) in [5.41, 5.74) is 1.38. The molecule has 9 nitrogen and oxygen atoms in total. The number of methoxy groups -OCH3 is 2. The summed E-state index contributed by atoms with van der Waals surface area (Å²) in [6.45, 7) is 3.86. The fourth-order valence-electron chi connectivity index (χ4n) is 3.31. The van der Waals surface area contributed by atoms with E-state index in [9.17, 15) is 9.59 Å². The topological polar surface area (TPSA) is 89.9 Å². The van der Waals surface area contributed by atoms with Gasteiger partial charge in [0.2, 0.25) is 6.10 Å². The number of benzene rings is 1. The van der Waals surface area contributed by atoms with E-state index < -0.39 is 6.10 Å². The number of carbonyl (C=O) groups excluding carboxylic acids is 2. The van der Waals surface area contributed by atoms with Crippen LogP contribution in [-0.2, 0) is 14.4 Å². The van der Waals surface area contributed by atoms with Crippen molar-refractivity contribution in [3.8, 4) is 11.5 Å². The molecule has 0 saturated carbocycles. The monoisotopic (exact) mass is 391 g/mol. The number of amides is 2. The van der Waals surface area contributed by atoms with Crippen molar-refractivity contribution in [3.05, 3.63) is 23.8 Å². The molecule has 2 aliphatic rings. The van der Waals surface area contributed by atoms with Crippen LogP contribution >= 0.6 is 0 Å². The second-order valence-electron chi connectivity index (χ2n) is 6.39. The highest BCUT2D eigenvalue weighted by Gasteiger charge is 2.35. The molecule has 1 saturated heterocycles. The Morgan fingerprint density at radius 1 is 1.14 bits per heavy atom. The van der Waals surface area contributed by atoms with E-state index in [0.717, 1.165) is 5.56 Å². The van der Waals surface area contributed by atoms with Crippen LogP contribution in [0, 0.1) is 0 Å². The Labute approximate surface area is 163 Å². The standard InChI is InChI=1S/C19H25N3O6/c1-4-27-19(24)22-10-8-21(9-11-22)18(23)16-12-14(20-28-16)13-6-5-7-15(25-2)17(13)26-3/h5-7,16H,4,8-12H2,1-3H3/t16-/m0/s1. The van der Waals surface area contributed by atoms with Crippen LogP contribution in [0.4, 0.5) is 4.79 Å². The van der Waals surface area contributed by atoms with E-state index in [0.29, 0.717) is 56.4 Å². The van der Waals surface area contributed by atoms with E-state index in [1.165, 1.54) is 0 Å². The number of oxime groups is 1. The molecule has 3 rings (SSSR count). The van der Waals surface area contributed by atoms with Gasteiger partial charge in [-0.1, -0.05) is 11.2 Å². The second kappa shape index (κ2) is 8.81. The predicted octanol–water partition coefficient (Wildman–Crippen LogP) is 1.50. The summed E-state index contributed by atoms with van der Waals surface area (Å²) < 4.78 is 15.8. The van der Waals surface area contributed by atoms with Crippen molar-refractivity contribution in [2.24, 2.45) is 5.16 Å². The number of rotatable bonds is 5. The van der Waals surface area contributed by atoms with Gasteiger partial charge in [-0.25, -0.2) is 4.79 Å². The first kappa shape index (κ1) is 19.8. The third-order valence-corrected chi connectivity index (χ3v) is 4.78. The van der Waals surface area contributed by atoms with E-state index in [-0.39, 0.29) is 12.0 Å². The van der Waals surface area contributed by atoms with Gasteiger partial charge >= 0.3 is 6.09 Å². The van der Waals surface area contributed by atoms with E-state index in [4.69, 9.17) is 19.0 Å². The van der Waals surface area contributed by atoms with Gasteiger partial charge in [-0.05, 0) is 19.1 Å². The highest BCUT2D eigenvalue weighted by Crippen LogP contribution is 2.33. The molecule has 0 aromatic heterocycles. The van der Waals surface area contributed by atoms with Crippen LogP contribution in [0.3, 0.4) is 0 Å². The molecular formula is C19H25N3O6. The molecule has 1 atom stereocenters. The minimum Gasteiger partial charge on any atom is -0.493 e. The highest BCUT2D eigenvalue weighted by molar-refractivity contribution is 6.06. The first-order chi connectivity index (χ1) is 13.6. The van der Waals surface area contributed by atoms with E-state index in [2.05, 4.69) is 5.16 Å². The van der Waals surface area contributed by atoms with Crippen molar-refractivity contribution in [1.29, 1.82) is 0 Å². The summed E-state index contributed by atoms with van der Waals surface area (Å²) in [6, 6.07) is 5.49. The van der Waals surface area contributed by atoms with Gasteiger partial charge in [-0.3, -0.25) is 4.79 Å². The van der Waals surface area contributed by atoms with Crippen molar-refractivity contribution in [2.75, 3.05) is 47.0 Å². The second-order valence-corrected chi connectivity index (χ2v) is 6.39. The molecule has 1 aromatic carbocycles. The Morgan fingerprint density at radius 2 is 1.86 bits per heavy atom. The number of ether oxygens (including phenoxy) is 3. The lowest BCUT2D eigenvalue weighted by atomic mass is 10.0. The van der Waals surface area contributed by atoms with E-state index in [1.54, 1.807) is 37.0 Å². The summed E-state index contributed by atoms with van der Waals surface area (Å²) in [5.74, 6) is 1.01. The van der Waals surface area contributed by atoms with Crippen LogP contribution in [0.25, 0.3) is 0 Å². The number of nitrogens with zero attached hydrogens (tertiary/aromatic N) is 3. The van der Waals surface area contributed by atoms with Gasteiger partial charge in [-0.15, -0.1) is 0 Å². The van der Waals surface area contributed by atoms with Crippen molar-refractivity contribution < 1.29 is 28.6 Å². The first-order valence-corrected chi connectivity index (χ1v) is 9.23. The molecule has 152 valence electrons. The molecule has 1 aromatic rings. The molecule has 0 unspecified atom stereocenters. The van der Waals surface area contributed by atoms with E-state index >= 15 is 0 Å². The normalized spacial score (nSPS) is 19.0. The summed E-state index contributed by atoms with van der Waals surface area (Å²) in [5, 5.41) is 4.10. The lowest BCUT2D eigenvalue weighted by molar-refractivity contribution is -0.143. The number of carbonyl (C=O) groups is 2. The molecule has 0 aliphatic carbocycles. The molecule has 2 aliphatic heterocycles. The fraction of sp³-hybridized carbons (Fsp3) is 0.526. The number of hydrogen-bond donors (Lipinski definition) is 0. The molecule has 0 bridgehead atoms. The Balaban J connectivity index is 1.60. The van der Waals surface area contributed by atoms with Crippen LogP contribution < -0.4 is 9.47 Å². The van der Waals surface area contributed by atoms with Gasteiger partial charge in [0.15, 0.2) is 11.5 Å². The quantitative estimate of drug-likeness (QED) is 0.756. The molecule has 1 fully saturated rings. The van der Waals surface area contributed by atoms with Crippen LogP contribution in [0.5, 0.6) is 11.5 Å². The van der Waals surface area contributed by atoms with Crippen molar-refractivity contribution in [3.63, 3.8) is 0 Å². The Kier molecular flexibility index (Phi) is 6.23. The molecule has 9 heteroatoms. The number of hydrogen-bond acceptors (Lipinski definition) is 7.